The summed E-state index contributed by atoms with van der Waals surface area (Å²) in [5.41, 5.74) is 1.07. The van der Waals surface area contributed by atoms with E-state index in [4.69, 9.17) is 0 Å². The van der Waals surface area contributed by atoms with Crippen LogP contribution >= 0.6 is 0 Å². The number of benzene rings is 1. The Labute approximate surface area is 142 Å². The van der Waals surface area contributed by atoms with Crippen molar-refractivity contribution in [2.24, 2.45) is 5.92 Å². The van der Waals surface area contributed by atoms with E-state index in [0.29, 0.717) is 11.3 Å². The van der Waals surface area contributed by atoms with Gasteiger partial charge in [-0.3, -0.25) is 14.4 Å². The largest absolute Gasteiger partial charge is 0.345 e. The van der Waals surface area contributed by atoms with E-state index in [9.17, 15) is 14.4 Å². The molecule has 6 heteroatoms. The Bertz CT molecular complexity index is 622. The lowest BCUT2D eigenvalue weighted by atomic mass is 9.97. The first-order valence-electron chi connectivity index (χ1n) is 8.28. The molecule has 0 aromatic heterocycles. The minimum Gasteiger partial charge on any atom is -0.345 e. The van der Waals surface area contributed by atoms with Gasteiger partial charge in [-0.2, -0.15) is 0 Å². The number of hydrogen-bond donors (Lipinski definition) is 2. The number of carbonyl (C=O) groups is 3. The molecule has 2 N–H and O–H groups in total. The zero-order valence-corrected chi connectivity index (χ0v) is 14.5. The number of amides is 3. The highest BCUT2D eigenvalue weighted by molar-refractivity contribution is 5.99. The molecule has 130 valence electrons. The summed E-state index contributed by atoms with van der Waals surface area (Å²) in [6, 6.07) is 6.30. The summed E-state index contributed by atoms with van der Waals surface area (Å²) in [4.78, 5) is 37.6. The van der Waals surface area contributed by atoms with Crippen LogP contribution in [0.5, 0.6) is 0 Å². The van der Waals surface area contributed by atoms with E-state index in [0.717, 1.165) is 25.7 Å². The maximum atomic E-state index is 12.6. The van der Waals surface area contributed by atoms with Crippen molar-refractivity contribution in [3.63, 3.8) is 0 Å². The van der Waals surface area contributed by atoms with Crippen molar-refractivity contribution in [1.29, 1.82) is 0 Å². The third-order valence-electron chi connectivity index (χ3n) is 4.30. The molecule has 0 spiro atoms. The van der Waals surface area contributed by atoms with Crippen LogP contribution in [-0.2, 0) is 9.59 Å². The van der Waals surface area contributed by atoms with Gasteiger partial charge < -0.3 is 15.5 Å². The maximum absolute atomic E-state index is 12.6. The van der Waals surface area contributed by atoms with Crippen LogP contribution in [-0.4, -0.2) is 42.8 Å². The van der Waals surface area contributed by atoms with Gasteiger partial charge in [-0.05, 0) is 37.0 Å². The van der Waals surface area contributed by atoms with Gasteiger partial charge in [0.2, 0.25) is 11.8 Å². The van der Waals surface area contributed by atoms with Crippen molar-refractivity contribution in [3.8, 4) is 0 Å². The van der Waals surface area contributed by atoms with Gasteiger partial charge in [0.15, 0.2) is 0 Å². The van der Waals surface area contributed by atoms with E-state index in [1.54, 1.807) is 38.4 Å². The molecule has 0 bridgehead atoms. The molecule has 0 heterocycles. The first kappa shape index (κ1) is 18.0. The fraction of sp³-hybridized carbons (Fsp3) is 0.500. The first-order chi connectivity index (χ1) is 11.4. The van der Waals surface area contributed by atoms with Gasteiger partial charge in [-0.1, -0.05) is 18.9 Å². The summed E-state index contributed by atoms with van der Waals surface area (Å²) in [7, 11) is 3.36. The molecule has 1 fully saturated rings. The lowest BCUT2D eigenvalue weighted by Crippen LogP contribution is -2.47. The van der Waals surface area contributed by atoms with Crippen molar-refractivity contribution in [2.45, 2.75) is 38.6 Å². The minimum absolute atomic E-state index is 0.125. The molecule has 2 rings (SSSR count). The zero-order chi connectivity index (χ0) is 17.7. The van der Waals surface area contributed by atoms with Crippen LogP contribution < -0.4 is 10.6 Å². The topological polar surface area (TPSA) is 78.5 Å². The van der Waals surface area contributed by atoms with Crippen molar-refractivity contribution >= 4 is 23.4 Å². The number of nitrogens with zero attached hydrogens (tertiary/aromatic N) is 1. The third-order valence-corrected chi connectivity index (χ3v) is 4.30. The van der Waals surface area contributed by atoms with Gasteiger partial charge in [-0.25, -0.2) is 0 Å². The molecule has 1 aromatic rings. The second-order valence-corrected chi connectivity index (χ2v) is 6.49. The monoisotopic (exact) mass is 331 g/mol. The molecule has 6 nitrogen and oxygen atoms in total. The highest BCUT2D eigenvalue weighted by Crippen LogP contribution is 2.28. The quantitative estimate of drug-likeness (QED) is 0.866. The van der Waals surface area contributed by atoms with Gasteiger partial charge in [0.25, 0.3) is 5.91 Å². The predicted molar refractivity (Wildman–Crippen MR) is 92.7 cm³/mol. The molecule has 1 unspecified atom stereocenters. The highest BCUT2D eigenvalue weighted by Gasteiger charge is 2.31. The molecular weight excluding hydrogens is 306 g/mol. The smallest absolute Gasteiger partial charge is 0.253 e. The van der Waals surface area contributed by atoms with Crippen LogP contribution in [0.25, 0.3) is 0 Å². The van der Waals surface area contributed by atoms with Crippen molar-refractivity contribution in [1.82, 2.24) is 10.2 Å². The van der Waals surface area contributed by atoms with Crippen LogP contribution in [0.1, 0.15) is 43.0 Å². The number of rotatable bonds is 5. The predicted octanol–water partition coefficient (Wildman–Crippen LogP) is 2.02. The first-order valence-corrected chi connectivity index (χ1v) is 8.28. The average Bonchev–Trinajstić information content (AvgIpc) is 3.05. The van der Waals surface area contributed by atoms with E-state index in [-0.39, 0.29) is 23.6 Å². The Hall–Kier alpha value is -2.37. The molecule has 0 aliphatic heterocycles. The van der Waals surface area contributed by atoms with Gasteiger partial charge in [-0.15, -0.1) is 0 Å². The van der Waals surface area contributed by atoms with E-state index in [1.807, 2.05) is 0 Å². The fourth-order valence-corrected chi connectivity index (χ4v) is 3.12. The molecular formula is C18H25N3O3. The second kappa shape index (κ2) is 7.95. The average molecular weight is 331 g/mol. The van der Waals surface area contributed by atoms with Crippen LogP contribution in [0.4, 0.5) is 5.69 Å². The highest BCUT2D eigenvalue weighted by atomic mass is 16.2. The van der Waals surface area contributed by atoms with Crippen LogP contribution in [0.15, 0.2) is 24.3 Å². The van der Waals surface area contributed by atoms with Crippen molar-refractivity contribution < 1.29 is 14.4 Å². The summed E-state index contributed by atoms with van der Waals surface area (Å²) in [6.07, 6.45) is 4.05. The molecule has 1 aromatic carbocycles. The maximum Gasteiger partial charge on any atom is 0.253 e. The Kier molecular flexibility index (Phi) is 5.95. The SMILES string of the molecule is CC(=O)NC(C(=O)Nc1cccc(C(=O)N(C)C)c1)C1CCCC1. The summed E-state index contributed by atoms with van der Waals surface area (Å²) in [6.45, 7) is 1.42. The molecule has 0 radical (unpaired) electrons. The molecule has 1 atom stereocenters. The van der Waals surface area contributed by atoms with Gasteiger partial charge in [0, 0.05) is 32.3 Å². The second-order valence-electron chi connectivity index (χ2n) is 6.49. The standard InChI is InChI=1S/C18H25N3O3/c1-12(22)19-16(13-7-4-5-8-13)17(23)20-15-10-6-9-14(11-15)18(24)21(2)3/h6,9-11,13,16H,4-5,7-8H2,1-3H3,(H,19,22)(H,20,23). The van der Waals surface area contributed by atoms with Crippen molar-refractivity contribution in [2.75, 3.05) is 19.4 Å². The van der Waals surface area contributed by atoms with E-state index < -0.39 is 6.04 Å². The Morgan fingerprint density at radius 3 is 2.42 bits per heavy atom. The molecule has 24 heavy (non-hydrogen) atoms. The Morgan fingerprint density at radius 1 is 1.17 bits per heavy atom. The summed E-state index contributed by atoms with van der Waals surface area (Å²) in [5, 5.41) is 5.61. The van der Waals surface area contributed by atoms with Gasteiger partial charge in [0.05, 0.1) is 0 Å². The Balaban J connectivity index is 2.12. The van der Waals surface area contributed by atoms with Gasteiger partial charge >= 0.3 is 0 Å². The lowest BCUT2D eigenvalue weighted by molar-refractivity contribution is -0.126. The number of anilines is 1. The Morgan fingerprint density at radius 2 is 1.83 bits per heavy atom. The normalized spacial score (nSPS) is 15.6. The van der Waals surface area contributed by atoms with E-state index in [2.05, 4.69) is 10.6 Å². The van der Waals surface area contributed by atoms with Crippen LogP contribution in [0.3, 0.4) is 0 Å². The molecule has 3 amide bonds. The molecule has 1 aliphatic rings. The summed E-state index contributed by atoms with van der Waals surface area (Å²) < 4.78 is 0. The third kappa shape index (κ3) is 4.57. The van der Waals surface area contributed by atoms with E-state index in [1.165, 1.54) is 11.8 Å². The summed E-state index contributed by atoms with van der Waals surface area (Å²) >= 11 is 0. The molecule has 0 saturated heterocycles. The fourth-order valence-electron chi connectivity index (χ4n) is 3.12. The molecule has 1 aliphatic carbocycles. The number of carbonyl (C=O) groups excluding carboxylic acids is 3. The summed E-state index contributed by atoms with van der Waals surface area (Å²) in [5.74, 6) is -0.397. The van der Waals surface area contributed by atoms with Crippen molar-refractivity contribution in [3.05, 3.63) is 29.8 Å². The zero-order valence-electron chi connectivity index (χ0n) is 14.5. The minimum atomic E-state index is -0.529. The van der Waals surface area contributed by atoms with E-state index >= 15 is 0 Å². The van der Waals surface area contributed by atoms with Crippen LogP contribution in [0.2, 0.25) is 0 Å². The van der Waals surface area contributed by atoms with Crippen LogP contribution in [0, 0.1) is 5.92 Å². The lowest BCUT2D eigenvalue weighted by Gasteiger charge is -2.23. The number of nitrogens with one attached hydrogen (secondary N) is 2. The molecule has 1 saturated carbocycles. The van der Waals surface area contributed by atoms with Gasteiger partial charge in [0.1, 0.15) is 6.04 Å². The number of hydrogen-bond acceptors (Lipinski definition) is 3.